The summed E-state index contributed by atoms with van der Waals surface area (Å²) in [6.07, 6.45) is -2.69. The molecular weight excluding hydrogens is 208 g/mol. The third-order valence-electron chi connectivity index (χ3n) is 0.682. The molecule has 14 heavy (non-hydrogen) atoms. The molecule has 0 aliphatic carbocycles. The summed E-state index contributed by atoms with van der Waals surface area (Å²) in [6.45, 7) is 2.27. The van der Waals surface area contributed by atoms with E-state index in [0.717, 1.165) is 13.8 Å². The van der Waals surface area contributed by atoms with Gasteiger partial charge in [-0.25, -0.2) is 0 Å². The average Bonchev–Trinajstić information content (AvgIpc) is 1.88. The molecule has 0 aliphatic heterocycles. The Morgan fingerprint density at radius 3 is 1.07 bits per heavy atom. The Kier molecular flexibility index (Phi) is 21.1. The zero-order valence-electron chi connectivity index (χ0n) is 7.89. The van der Waals surface area contributed by atoms with Gasteiger partial charge in [0.15, 0.2) is 0 Å². The van der Waals surface area contributed by atoms with Crippen molar-refractivity contribution in [3.8, 4) is 0 Å². The summed E-state index contributed by atoms with van der Waals surface area (Å²) in [4.78, 5) is 18.7. The van der Waals surface area contributed by atoms with Gasteiger partial charge in [0.1, 0.15) is 0 Å². The Morgan fingerprint density at radius 2 is 1.07 bits per heavy atom. The fourth-order valence-corrected chi connectivity index (χ4v) is 0. The molecule has 0 aliphatic rings. The van der Waals surface area contributed by atoms with Crippen LogP contribution in [0.3, 0.4) is 0 Å². The number of carboxylic acid groups (broad SMARTS) is 2. The number of hydrogen-bond acceptors (Lipinski definition) is 6. The van der Waals surface area contributed by atoms with Gasteiger partial charge in [-0.05, 0) is 13.8 Å². The van der Waals surface area contributed by atoms with Gasteiger partial charge in [0.05, 0.1) is 24.1 Å². The van der Waals surface area contributed by atoms with Crippen molar-refractivity contribution < 1.29 is 35.5 Å². The number of hydrogen-bond donors (Lipinski definition) is 2. The third kappa shape index (κ3) is 22.6. The van der Waals surface area contributed by atoms with Crippen LogP contribution in [0.4, 0.5) is 0 Å². The first-order chi connectivity index (χ1) is 5.29. The van der Waals surface area contributed by atoms with E-state index in [2.05, 4.69) is 0 Å². The topological polar surface area (TPSA) is 152 Å². The van der Waals surface area contributed by atoms with Gasteiger partial charge in [-0.15, -0.1) is 0 Å². The van der Waals surface area contributed by atoms with Gasteiger partial charge in [0.2, 0.25) is 0 Å². The fraction of sp³-hybridized carbons (Fsp3) is 0.667. The summed E-state index contributed by atoms with van der Waals surface area (Å²) in [5, 5.41) is 34.6. The van der Waals surface area contributed by atoms with Crippen molar-refractivity contribution in [2.45, 2.75) is 26.1 Å². The van der Waals surface area contributed by atoms with Crippen LogP contribution in [0.2, 0.25) is 0 Å². The first kappa shape index (κ1) is 23.4. The molecule has 0 aromatic carbocycles. The molecule has 80 valence electrons. The third-order valence-corrected chi connectivity index (χ3v) is 0.682. The van der Waals surface area contributed by atoms with E-state index in [1.54, 1.807) is 0 Å². The van der Waals surface area contributed by atoms with Crippen molar-refractivity contribution in [2.75, 3.05) is 0 Å². The zero-order chi connectivity index (χ0) is 10.3. The van der Waals surface area contributed by atoms with E-state index >= 15 is 0 Å². The molecule has 0 bridgehead atoms. The standard InChI is InChI=1S/2C3H6O3.Mg.H2O/c2*1-2(4)3(5)6;;/h2*2,4H,1H3,(H,5,6);;1H2/q;;+2;/p-2. The van der Waals surface area contributed by atoms with E-state index in [1.807, 2.05) is 0 Å². The van der Waals surface area contributed by atoms with E-state index in [9.17, 15) is 19.8 Å². The van der Waals surface area contributed by atoms with E-state index < -0.39 is 24.1 Å². The number of aliphatic carboxylic acids is 2. The maximum absolute atomic E-state index is 9.34. The van der Waals surface area contributed by atoms with Gasteiger partial charge in [-0.3, -0.25) is 0 Å². The molecule has 0 spiro atoms. The van der Waals surface area contributed by atoms with E-state index in [-0.39, 0.29) is 28.5 Å². The summed E-state index contributed by atoms with van der Waals surface area (Å²) in [5.74, 6) is -2.87. The van der Waals surface area contributed by atoms with Crippen LogP contribution >= 0.6 is 0 Å². The Morgan fingerprint density at radius 1 is 1.00 bits per heavy atom. The minimum absolute atomic E-state index is 0. The van der Waals surface area contributed by atoms with Crippen LogP contribution in [0.15, 0.2) is 0 Å². The molecule has 0 radical (unpaired) electrons. The van der Waals surface area contributed by atoms with E-state index in [4.69, 9.17) is 10.2 Å². The molecule has 0 aromatic rings. The monoisotopic (exact) mass is 220 g/mol. The summed E-state index contributed by atoms with van der Waals surface area (Å²) in [7, 11) is 0. The molecule has 0 amide bonds. The summed E-state index contributed by atoms with van der Waals surface area (Å²) in [5.41, 5.74) is 0. The van der Waals surface area contributed by atoms with Crippen LogP contribution in [0, 0.1) is 0 Å². The van der Waals surface area contributed by atoms with Gasteiger partial charge in [-0.2, -0.15) is 0 Å². The second-order valence-corrected chi connectivity index (χ2v) is 1.99. The maximum Gasteiger partial charge on any atom is 2.00 e. The quantitative estimate of drug-likeness (QED) is 0.444. The summed E-state index contributed by atoms with van der Waals surface area (Å²) < 4.78 is 0. The molecule has 0 aromatic heterocycles. The number of carbonyl (C=O) groups is 2. The molecule has 7 nitrogen and oxygen atoms in total. The largest absolute Gasteiger partial charge is 2.00 e. The number of carboxylic acids is 2. The predicted octanol–water partition coefficient (Wildman–Crippen LogP) is -4.97. The second-order valence-electron chi connectivity index (χ2n) is 1.99. The first-order valence-electron chi connectivity index (χ1n) is 3.06. The van der Waals surface area contributed by atoms with Crippen LogP contribution in [0.25, 0.3) is 0 Å². The maximum atomic E-state index is 9.34. The normalized spacial score (nSPS) is 11.7. The minimum Gasteiger partial charge on any atom is -0.547 e. The Balaban J connectivity index is -0.0000000625. The fourth-order valence-electron chi connectivity index (χ4n) is 0. The van der Waals surface area contributed by atoms with Crippen LogP contribution < -0.4 is 10.2 Å². The predicted molar refractivity (Wildman–Crippen MR) is 42.7 cm³/mol. The van der Waals surface area contributed by atoms with E-state index in [1.165, 1.54) is 0 Å². The zero-order valence-corrected chi connectivity index (χ0v) is 9.30. The molecule has 0 saturated heterocycles. The number of aliphatic hydroxyl groups excluding tert-OH is 2. The Bertz CT molecular complexity index is 138. The average molecular weight is 220 g/mol. The molecule has 2 atom stereocenters. The van der Waals surface area contributed by atoms with Crippen LogP contribution in [-0.2, 0) is 9.59 Å². The summed E-state index contributed by atoms with van der Waals surface area (Å²) >= 11 is 0. The molecule has 0 fully saturated rings. The Labute approximate surface area is 96.8 Å². The molecule has 8 heteroatoms. The van der Waals surface area contributed by atoms with Gasteiger partial charge in [0.25, 0.3) is 0 Å². The summed E-state index contributed by atoms with van der Waals surface area (Å²) in [6, 6.07) is 0. The Hall–Kier alpha value is -0.414. The van der Waals surface area contributed by atoms with Crippen molar-refractivity contribution in [3.05, 3.63) is 0 Å². The van der Waals surface area contributed by atoms with Crippen molar-refractivity contribution >= 4 is 35.0 Å². The molecule has 0 heterocycles. The van der Waals surface area contributed by atoms with Gasteiger partial charge in [0, 0.05) is 0 Å². The first-order valence-corrected chi connectivity index (χ1v) is 3.06. The number of aliphatic hydroxyl groups is 2. The van der Waals surface area contributed by atoms with Crippen molar-refractivity contribution in [3.63, 3.8) is 0 Å². The van der Waals surface area contributed by atoms with Crippen LogP contribution in [-0.4, -0.2) is 62.9 Å². The van der Waals surface area contributed by atoms with Crippen LogP contribution in [0.5, 0.6) is 0 Å². The molecular formula is C6H12MgO7. The van der Waals surface area contributed by atoms with Crippen LogP contribution in [0.1, 0.15) is 13.8 Å². The van der Waals surface area contributed by atoms with Gasteiger partial charge >= 0.3 is 23.1 Å². The number of carbonyl (C=O) groups excluding carboxylic acids is 2. The van der Waals surface area contributed by atoms with Crippen molar-refractivity contribution in [1.29, 1.82) is 0 Å². The molecule has 0 saturated carbocycles. The van der Waals surface area contributed by atoms with Gasteiger partial charge in [-0.1, -0.05) is 0 Å². The number of rotatable bonds is 2. The SMILES string of the molecule is CC(O)C(=O)[O-].CC(O)C(=O)[O-].O.[Mg+2]. The van der Waals surface area contributed by atoms with Crippen molar-refractivity contribution in [1.82, 2.24) is 0 Å². The van der Waals surface area contributed by atoms with Crippen molar-refractivity contribution in [2.24, 2.45) is 0 Å². The molecule has 2 unspecified atom stereocenters. The van der Waals surface area contributed by atoms with Gasteiger partial charge < -0.3 is 35.5 Å². The minimum atomic E-state index is -1.44. The smallest absolute Gasteiger partial charge is 0.547 e. The second kappa shape index (κ2) is 12.6. The molecule has 0 rings (SSSR count). The molecule has 4 N–H and O–H groups in total. The van der Waals surface area contributed by atoms with E-state index in [0.29, 0.717) is 0 Å².